The van der Waals surface area contributed by atoms with Gasteiger partial charge in [0.05, 0.1) is 11.5 Å². The summed E-state index contributed by atoms with van der Waals surface area (Å²) in [6.07, 6.45) is 1.66. The van der Waals surface area contributed by atoms with Crippen molar-refractivity contribution in [2.75, 3.05) is 6.61 Å². The Hall–Kier alpha value is -2.73. The van der Waals surface area contributed by atoms with E-state index in [2.05, 4.69) is 5.32 Å². The van der Waals surface area contributed by atoms with Crippen LogP contribution in [0.15, 0.2) is 47.4 Å². The molecule has 0 aromatic heterocycles. The Bertz CT molecular complexity index is 859. The van der Waals surface area contributed by atoms with Gasteiger partial charge in [-0.2, -0.15) is 0 Å². The summed E-state index contributed by atoms with van der Waals surface area (Å²) >= 11 is 0.890. The predicted molar refractivity (Wildman–Crippen MR) is 102 cm³/mol. The highest BCUT2D eigenvalue weighted by atomic mass is 32.2. The fourth-order valence-corrected chi connectivity index (χ4v) is 3.10. The smallest absolute Gasteiger partial charge is 0.290 e. The van der Waals surface area contributed by atoms with Gasteiger partial charge >= 0.3 is 0 Å². The van der Waals surface area contributed by atoms with E-state index < -0.39 is 0 Å². The minimum atomic E-state index is -0.377. The fourth-order valence-electron chi connectivity index (χ4n) is 2.42. The predicted octanol–water partition coefficient (Wildman–Crippen LogP) is 4.30. The average molecular weight is 369 g/mol. The topological polar surface area (TPSA) is 64.6 Å². The summed E-state index contributed by atoms with van der Waals surface area (Å²) < 4.78 is 11.6. The van der Waals surface area contributed by atoms with Crippen LogP contribution in [0.2, 0.25) is 0 Å². The lowest BCUT2D eigenvalue weighted by molar-refractivity contribution is -0.115. The molecular weight excluding hydrogens is 350 g/mol. The highest BCUT2D eigenvalue weighted by Crippen LogP contribution is 2.32. The van der Waals surface area contributed by atoms with Gasteiger partial charge in [0.1, 0.15) is 6.61 Å². The molecule has 1 aliphatic heterocycles. The summed E-state index contributed by atoms with van der Waals surface area (Å²) in [5.74, 6) is 0.857. The van der Waals surface area contributed by atoms with Crippen LogP contribution in [-0.4, -0.2) is 17.8 Å². The van der Waals surface area contributed by atoms with Gasteiger partial charge in [0, 0.05) is 0 Å². The number of ether oxygens (including phenoxy) is 2. The quantitative estimate of drug-likeness (QED) is 0.769. The number of rotatable bonds is 6. The van der Waals surface area contributed by atoms with Gasteiger partial charge in [0.2, 0.25) is 0 Å². The van der Waals surface area contributed by atoms with Crippen molar-refractivity contribution in [2.24, 2.45) is 0 Å². The molecule has 0 aliphatic carbocycles. The summed E-state index contributed by atoms with van der Waals surface area (Å²) in [7, 11) is 0. The van der Waals surface area contributed by atoms with E-state index in [-0.39, 0.29) is 11.1 Å². The van der Waals surface area contributed by atoms with E-state index in [1.165, 1.54) is 5.56 Å². The first-order chi connectivity index (χ1) is 12.5. The maximum absolute atomic E-state index is 11.7. The highest BCUT2D eigenvalue weighted by Gasteiger charge is 2.25. The Balaban J connectivity index is 1.78. The number of benzene rings is 2. The van der Waals surface area contributed by atoms with E-state index in [0.29, 0.717) is 29.6 Å². The van der Waals surface area contributed by atoms with Crippen molar-refractivity contribution < 1.29 is 19.1 Å². The third-order valence-corrected chi connectivity index (χ3v) is 4.53. The maximum Gasteiger partial charge on any atom is 0.290 e. The maximum atomic E-state index is 11.7. The van der Waals surface area contributed by atoms with Crippen molar-refractivity contribution >= 4 is 29.0 Å². The van der Waals surface area contributed by atoms with Gasteiger partial charge in [-0.25, -0.2) is 0 Å². The molecule has 1 aliphatic rings. The van der Waals surface area contributed by atoms with Crippen LogP contribution in [0, 0.1) is 6.92 Å². The Morgan fingerprint density at radius 2 is 1.81 bits per heavy atom. The zero-order valence-corrected chi connectivity index (χ0v) is 15.4. The molecule has 1 heterocycles. The number of hydrogen-bond donors (Lipinski definition) is 1. The van der Waals surface area contributed by atoms with Crippen LogP contribution in [0.5, 0.6) is 11.5 Å². The van der Waals surface area contributed by atoms with Gasteiger partial charge in [0.25, 0.3) is 11.1 Å². The first-order valence-corrected chi connectivity index (χ1v) is 9.07. The Morgan fingerprint density at radius 3 is 2.46 bits per heavy atom. The Kier molecular flexibility index (Phi) is 5.63. The molecule has 6 heteroatoms. The minimum Gasteiger partial charge on any atom is -0.490 e. The summed E-state index contributed by atoms with van der Waals surface area (Å²) in [4.78, 5) is 23.3. The first-order valence-electron chi connectivity index (χ1n) is 8.25. The second-order valence-electron chi connectivity index (χ2n) is 5.77. The summed E-state index contributed by atoms with van der Waals surface area (Å²) in [6, 6.07) is 13.6. The molecule has 5 nitrogen and oxygen atoms in total. The number of thioether (sulfide) groups is 1. The van der Waals surface area contributed by atoms with Gasteiger partial charge in [-0.15, -0.1) is 0 Å². The molecule has 1 fully saturated rings. The van der Waals surface area contributed by atoms with Gasteiger partial charge in [0.15, 0.2) is 11.5 Å². The van der Waals surface area contributed by atoms with Gasteiger partial charge in [-0.1, -0.05) is 35.9 Å². The van der Waals surface area contributed by atoms with Gasteiger partial charge in [-0.3, -0.25) is 14.9 Å². The van der Waals surface area contributed by atoms with Crippen LogP contribution in [0.25, 0.3) is 6.08 Å². The molecule has 3 rings (SSSR count). The molecule has 0 bridgehead atoms. The monoisotopic (exact) mass is 369 g/mol. The number of carbonyl (C=O) groups is 2. The highest BCUT2D eigenvalue weighted by molar-refractivity contribution is 8.18. The SMILES string of the molecule is CCOc1cc(/C=C2\SC(=O)NC2=O)ccc1OCc1ccc(C)cc1. The summed E-state index contributed by atoms with van der Waals surface area (Å²) in [5.41, 5.74) is 3.04. The number of hydrogen-bond acceptors (Lipinski definition) is 5. The standard InChI is InChI=1S/C20H19NO4S/c1-3-24-17-10-15(11-18-19(22)21-20(23)26-18)8-9-16(17)25-12-14-6-4-13(2)5-7-14/h4-11H,3,12H2,1-2H3,(H,21,22,23)/b18-11-. The zero-order chi connectivity index (χ0) is 18.5. The van der Waals surface area contributed by atoms with Crippen molar-refractivity contribution in [3.63, 3.8) is 0 Å². The van der Waals surface area contributed by atoms with Crippen molar-refractivity contribution in [2.45, 2.75) is 20.5 Å². The third kappa shape index (κ3) is 4.46. The number of nitrogens with one attached hydrogen (secondary N) is 1. The van der Waals surface area contributed by atoms with Crippen LogP contribution in [-0.2, 0) is 11.4 Å². The van der Waals surface area contributed by atoms with Crippen molar-refractivity contribution in [3.05, 3.63) is 64.1 Å². The zero-order valence-electron chi connectivity index (χ0n) is 14.6. The molecule has 0 spiro atoms. The van der Waals surface area contributed by atoms with Crippen LogP contribution in [0.1, 0.15) is 23.6 Å². The lowest BCUT2D eigenvalue weighted by Crippen LogP contribution is -2.17. The lowest BCUT2D eigenvalue weighted by Gasteiger charge is -2.13. The van der Waals surface area contributed by atoms with Crippen molar-refractivity contribution in [3.8, 4) is 11.5 Å². The van der Waals surface area contributed by atoms with Gasteiger partial charge < -0.3 is 9.47 Å². The Morgan fingerprint density at radius 1 is 1.04 bits per heavy atom. The van der Waals surface area contributed by atoms with Crippen LogP contribution in [0.3, 0.4) is 0 Å². The summed E-state index contributed by atoms with van der Waals surface area (Å²) in [5, 5.41) is 1.88. The minimum absolute atomic E-state index is 0.357. The molecule has 26 heavy (non-hydrogen) atoms. The van der Waals surface area contributed by atoms with Crippen LogP contribution in [0.4, 0.5) is 4.79 Å². The number of aryl methyl sites for hydroxylation is 1. The van der Waals surface area contributed by atoms with Crippen molar-refractivity contribution in [1.29, 1.82) is 0 Å². The van der Waals surface area contributed by atoms with E-state index in [4.69, 9.17) is 9.47 Å². The van der Waals surface area contributed by atoms with Crippen LogP contribution >= 0.6 is 11.8 Å². The van der Waals surface area contributed by atoms with Gasteiger partial charge in [-0.05, 0) is 54.9 Å². The van der Waals surface area contributed by atoms with E-state index in [9.17, 15) is 9.59 Å². The molecule has 2 amide bonds. The average Bonchev–Trinajstić information content (AvgIpc) is 2.93. The lowest BCUT2D eigenvalue weighted by atomic mass is 10.1. The normalized spacial score (nSPS) is 15.2. The number of imide groups is 1. The van der Waals surface area contributed by atoms with E-state index in [1.807, 2.05) is 50.2 Å². The fraction of sp³-hybridized carbons (Fsp3) is 0.200. The van der Waals surface area contributed by atoms with E-state index in [1.54, 1.807) is 12.1 Å². The second kappa shape index (κ2) is 8.10. The molecular formula is C20H19NO4S. The molecule has 134 valence electrons. The molecule has 1 N–H and O–H groups in total. The second-order valence-corrected chi connectivity index (χ2v) is 6.78. The molecule has 0 saturated carbocycles. The third-order valence-electron chi connectivity index (χ3n) is 3.72. The molecule has 2 aromatic rings. The molecule has 0 radical (unpaired) electrons. The van der Waals surface area contributed by atoms with E-state index in [0.717, 1.165) is 22.9 Å². The molecule has 0 unspecified atom stereocenters. The van der Waals surface area contributed by atoms with Crippen molar-refractivity contribution in [1.82, 2.24) is 5.32 Å². The largest absolute Gasteiger partial charge is 0.490 e. The van der Waals surface area contributed by atoms with Crippen LogP contribution < -0.4 is 14.8 Å². The van der Waals surface area contributed by atoms with E-state index >= 15 is 0 Å². The number of carbonyl (C=O) groups excluding carboxylic acids is 2. The Labute approximate surface area is 156 Å². The molecule has 1 saturated heterocycles. The summed E-state index contributed by atoms with van der Waals surface area (Å²) in [6.45, 7) is 4.87. The molecule has 2 aromatic carbocycles. The number of amides is 2. The first kappa shape index (κ1) is 18.1. The molecule has 0 atom stereocenters.